The lowest BCUT2D eigenvalue weighted by molar-refractivity contribution is -0.135. The summed E-state index contributed by atoms with van der Waals surface area (Å²) in [5, 5.41) is 2.97. The standard InChI is InChI=1S/C21H31N3O3/c1-15(2)8-9-22-20(25)18-14-19(18)21(26)24-12-10-23(11-13-24)16-4-6-17(27-3)7-5-16/h4-7,15,18-19H,8-14H2,1-3H3,(H,22,25). The summed E-state index contributed by atoms with van der Waals surface area (Å²) in [6, 6.07) is 8.02. The third kappa shape index (κ3) is 4.93. The summed E-state index contributed by atoms with van der Waals surface area (Å²) < 4.78 is 5.20. The van der Waals surface area contributed by atoms with Crippen molar-refractivity contribution in [3.63, 3.8) is 0 Å². The third-order valence-electron chi connectivity index (χ3n) is 5.49. The Bertz CT molecular complexity index is 651. The molecule has 0 aromatic heterocycles. The van der Waals surface area contributed by atoms with Crippen molar-refractivity contribution in [3.05, 3.63) is 24.3 Å². The first-order valence-electron chi connectivity index (χ1n) is 9.95. The average Bonchev–Trinajstić information content (AvgIpc) is 3.48. The molecule has 2 atom stereocenters. The van der Waals surface area contributed by atoms with Crippen LogP contribution in [-0.4, -0.2) is 56.5 Å². The van der Waals surface area contributed by atoms with Gasteiger partial charge in [-0.05, 0) is 43.0 Å². The van der Waals surface area contributed by atoms with Crippen molar-refractivity contribution in [3.8, 4) is 5.75 Å². The number of hydrogen-bond donors (Lipinski definition) is 1. The molecule has 2 unspecified atom stereocenters. The lowest BCUT2D eigenvalue weighted by Crippen LogP contribution is -2.49. The Kier molecular flexibility index (Phi) is 6.24. The second-order valence-electron chi connectivity index (χ2n) is 7.93. The molecule has 27 heavy (non-hydrogen) atoms. The van der Waals surface area contributed by atoms with Crippen LogP contribution in [0.15, 0.2) is 24.3 Å². The number of nitrogens with zero attached hydrogens (tertiary/aromatic N) is 2. The van der Waals surface area contributed by atoms with Crippen LogP contribution >= 0.6 is 0 Å². The van der Waals surface area contributed by atoms with Crippen LogP contribution in [0.3, 0.4) is 0 Å². The highest BCUT2D eigenvalue weighted by Gasteiger charge is 2.49. The molecule has 0 bridgehead atoms. The summed E-state index contributed by atoms with van der Waals surface area (Å²) in [7, 11) is 1.66. The average molecular weight is 373 g/mol. The quantitative estimate of drug-likeness (QED) is 0.795. The van der Waals surface area contributed by atoms with E-state index in [1.165, 1.54) is 0 Å². The molecule has 0 radical (unpaired) electrons. The molecule has 148 valence electrons. The highest BCUT2D eigenvalue weighted by Crippen LogP contribution is 2.40. The summed E-state index contributed by atoms with van der Waals surface area (Å²) in [4.78, 5) is 29.1. The van der Waals surface area contributed by atoms with Crippen molar-refractivity contribution in [2.24, 2.45) is 17.8 Å². The van der Waals surface area contributed by atoms with E-state index in [2.05, 4.69) is 36.2 Å². The summed E-state index contributed by atoms with van der Waals surface area (Å²) in [5.74, 6) is 1.38. The van der Waals surface area contributed by atoms with E-state index >= 15 is 0 Å². The molecule has 1 saturated carbocycles. The minimum atomic E-state index is -0.121. The van der Waals surface area contributed by atoms with Crippen LogP contribution in [0.2, 0.25) is 0 Å². The first-order chi connectivity index (χ1) is 13.0. The van der Waals surface area contributed by atoms with Gasteiger partial charge in [-0.1, -0.05) is 13.8 Å². The highest BCUT2D eigenvalue weighted by molar-refractivity contribution is 5.92. The first kappa shape index (κ1) is 19.5. The van der Waals surface area contributed by atoms with Crippen molar-refractivity contribution in [2.45, 2.75) is 26.7 Å². The number of hydrogen-bond acceptors (Lipinski definition) is 4. The van der Waals surface area contributed by atoms with Crippen molar-refractivity contribution in [1.82, 2.24) is 10.2 Å². The van der Waals surface area contributed by atoms with Crippen molar-refractivity contribution < 1.29 is 14.3 Å². The number of amides is 2. The molecular formula is C21H31N3O3. The molecule has 2 aliphatic rings. The van der Waals surface area contributed by atoms with E-state index < -0.39 is 0 Å². The predicted octanol–water partition coefficient (Wildman–Crippen LogP) is 2.14. The third-order valence-corrected chi connectivity index (χ3v) is 5.49. The normalized spacial score (nSPS) is 21.9. The fourth-order valence-electron chi connectivity index (χ4n) is 3.59. The smallest absolute Gasteiger partial charge is 0.226 e. The zero-order valence-electron chi connectivity index (χ0n) is 16.6. The van der Waals surface area contributed by atoms with Crippen LogP contribution in [0.1, 0.15) is 26.7 Å². The molecule has 1 saturated heterocycles. The van der Waals surface area contributed by atoms with Crippen molar-refractivity contribution >= 4 is 17.5 Å². The molecule has 3 rings (SSSR count). The summed E-state index contributed by atoms with van der Waals surface area (Å²) >= 11 is 0. The molecule has 1 heterocycles. The molecule has 1 aliphatic carbocycles. The topological polar surface area (TPSA) is 61.9 Å². The van der Waals surface area contributed by atoms with Crippen LogP contribution in [0.5, 0.6) is 5.75 Å². The Morgan fingerprint density at radius 3 is 2.37 bits per heavy atom. The molecule has 0 spiro atoms. The van der Waals surface area contributed by atoms with Gasteiger partial charge >= 0.3 is 0 Å². The number of methoxy groups -OCH3 is 1. The molecule has 1 aromatic carbocycles. The van der Waals surface area contributed by atoms with Gasteiger partial charge in [0.1, 0.15) is 5.75 Å². The molecular weight excluding hydrogens is 342 g/mol. The molecule has 2 amide bonds. The Morgan fingerprint density at radius 1 is 1.11 bits per heavy atom. The van der Waals surface area contributed by atoms with E-state index in [4.69, 9.17) is 4.74 Å². The van der Waals surface area contributed by atoms with Gasteiger partial charge in [-0.25, -0.2) is 0 Å². The Morgan fingerprint density at radius 2 is 1.78 bits per heavy atom. The van der Waals surface area contributed by atoms with Crippen molar-refractivity contribution in [2.75, 3.05) is 44.7 Å². The van der Waals surface area contributed by atoms with Gasteiger partial charge in [-0.15, -0.1) is 0 Å². The Labute approximate surface area is 161 Å². The predicted molar refractivity (Wildman–Crippen MR) is 106 cm³/mol. The monoisotopic (exact) mass is 373 g/mol. The van der Waals surface area contributed by atoms with Crippen molar-refractivity contribution in [1.29, 1.82) is 0 Å². The van der Waals surface area contributed by atoms with Gasteiger partial charge in [0.25, 0.3) is 0 Å². The number of rotatable bonds is 7. The van der Waals surface area contributed by atoms with Crippen LogP contribution in [-0.2, 0) is 9.59 Å². The molecule has 1 aliphatic heterocycles. The van der Waals surface area contributed by atoms with E-state index in [1.54, 1.807) is 7.11 Å². The molecule has 6 nitrogen and oxygen atoms in total. The first-order valence-corrected chi connectivity index (χ1v) is 9.95. The van der Waals surface area contributed by atoms with Gasteiger partial charge in [-0.3, -0.25) is 9.59 Å². The van der Waals surface area contributed by atoms with Gasteiger partial charge in [0.15, 0.2) is 0 Å². The number of carbonyl (C=O) groups is 2. The fourth-order valence-corrected chi connectivity index (χ4v) is 3.59. The molecule has 1 N–H and O–H groups in total. The maximum atomic E-state index is 12.7. The second-order valence-corrected chi connectivity index (χ2v) is 7.93. The van der Waals surface area contributed by atoms with Gasteiger partial charge in [0.05, 0.1) is 18.9 Å². The minimum Gasteiger partial charge on any atom is -0.497 e. The summed E-state index contributed by atoms with van der Waals surface area (Å²) in [6.07, 6.45) is 1.68. The number of benzene rings is 1. The van der Waals surface area contributed by atoms with Gasteiger partial charge in [-0.2, -0.15) is 0 Å². The SMILES string of the molecule is COc1ccc(N2CCN(C(=O)C3CC3C(=O)NCCC(C)C)CC2)cc1. The second kappa shape index (κ2) is 8.63. The Hall–Kier alpha value is -2.24. The van der Waals surface area contributed by atoms with Crippen LogP contribution < -0.4 is 15.0 Å². The van der Waals surface area contributed by atoms with E-state index in [9.17, 15) is 9.59 Å². The number of ether oxygens (including phenoxy) is 1. The highest BCUT2D eigenvalue weighted by atomic mass is 16.5. The zero-order chi connectivity index (χ0) is 19.4. The maximum Gasteiger partial charge on any atom is 0.226 e. The molecule has 1 aromatic rings. The fraction of sp³-hybridized carbons (Fsp3) is 0.619. The summed E-state index contributed by atoms with van der Waals surface area (Å²) in [6.45, 7) is 8.04. The Balaban J connectivity index is 1.43. The van der Waals surface area contributed by atoms with Gasteiger partial charge in [0.2, 0.25) is 11.8 Å². The van der Waals surface area contributed by atoms with E-state index in [0.29, 0.717) is 32.0 Å². The molecule has 6 heteroatoms. The minimum absolute atomic E-state index is 0.0471. The number of nitrogens with one attached hydrogen (secondary N) is 1. The lowest BCUT2D eigenvalue weighted by Gasteiger charge is -2.36. The van der Waals surface area contributed by atoms with Gasteiger partial charge in [0, 0.05) is 38.4 Å². The lowest BCUT2D eigenvalue weighted by atomic mass is 10.1. The number of piperazine rings is 1. The molecule has 2 fully saturated rings. The van der Waals surface area contributed by atoms with E-state index in [1.807, 2.05) is 17.0 Å². The van der Waals surface area contributed by atoms with Crippen LogP contribution in [0.25, 0.3) is 0 Å². The van der Waals surface area contributed by atoms with Crippen LogP contribution in [0.4, 0.5) is 5.69 Å². The van der Waals surface area contributed by atoms with Crippen LogP contribution in [0, 0.1) is 17.8 Å². The van der Waals surface area contributed by atoms with E-state index in [-0.39, 0.29) is 23.7 Å². The number of anilines is 1. The van der Waals surface area contributed by atoms with Gasteiger partial charge < -0.3 is 19.9 Å². The maximum absolute atomic E-state index is 12.7. The summed E-state index contributed by atoms with van der Waals surface area (Å²) in [5.41, 5.74) is 1.15. The van der Waals surface area contributed by atoms with E-state index in [0.717, 1.165) is 30.9 Å². The number of carbonyl (C=O) groups excluding carboxylic acids is 2. The largest absolute Gasteiger partial charge is 0.497 e. The zero-order valence-corrected chi connectivity index (χ0v) is 16.6.